The first-order valence-corrected chi connectivity index (χ1v) is 10.8. The van der Waals surface area contributed by atoms with Crippen LogP contribution in [0.1, 0.15) is 40.0 Å². The molecule has 8 heteroatoms. The van der Waals surface area contributed by atoms with Crippen molar-refractivity contribution < 1.29 is 9.47 Å². The van der Waals surface area contributed by atoms with Crippen LogP contribution in [0.4, 0.5) is 0 Å². The van der Waals surface area contributed by atoms with E-state index >= 15 is 0 Å². The summed E-state index contributed by atoms with van der Waals surface area (Å²) in [5, 5.41) is 4.61. The number of nitrogens with zero attached hydrogens (tertiary/aromatic N) is 6. The lowest BCUT2D eigenvalue weighted by molar-refractivity contribution is 0.354. The molecule has 0 fully saturated rings. The molecule has 1 aromatic carbocycles. The van der Waals surface area contributed by atoms with Crippen LogP contribution in [0.2, 0.25) is 0 Å². The van der Waals surface area contributed by atoms with Crippen LogP contribution in [-0.2, 0) is 19.3 Å². The minimum atomic E-state index is 0.576. The van der Waals surface area contributed by atoms with Crippen LogP contribution in [0, 0.1) is 20.8 Å². The van der Waals surface area contributed by atoms with Crippen molar-refractivity contribution in [3.8, 4) is 17.3 Å². The summed E-state index contributed by atoms with van der Waals surface area (Å²) in [6.45, 7) is 5.82. The van der Waals surface area contributed by atoms with E-state index in [1.807, 2.05) is 51.2 Å². The molecule has 0 atom stereocenters. The second-order valence-corrected chi connectivity index (χ2v) is 7.94. The fourth-order valence-electron chi connectivity index (χ4n) is 3.68. The number of rotatable bonds is 8. The quantitative estimate of drug-likeness (QED) is 0.409. The predicted octanol–water partition coefficient (Wildman–Crippen LogP) is 3.77. The Balaban J connectivity index is 1.60. The Labute approximate surface area is 193 Å². The van der Waals surface area contributed by atoms with Gasteiger partial charge in [-0.2, -0.15) is 4.68 Å². The maximum Gasteiger partial charge on any atom is 0.161 e. The van der Waals surface area contributed by atoms with Crippen molar-refractivity contribution in [1.82, 2.24) is 29.7 Å². The van der Waals surface area contributed by atoms with Gasteiger partial charge in [-0.1, -0.05) is 12.1 Å². The predicted molar refractivity (Wildman–Crippen MR) is 125 cm³/mol. The molecule has 0 radical (unpaired) electrons. The van der Waals surface area contributed by atoms with Gasteiger partial charge in [0.1, 0.15) is 17.5 Å². The zero-order valence-electron chi connectivity index (χ0n) is 19.7. The highest BCUT2D eigenvalue weighted by Crippen LogP contribution is 2.28. The first-order valence-electron chi connectivity index (χ1n) is 10.8. The molecule has 0 unspecified atom stereocenters. The molecule has 0 aliphatic rings. The molecule has 170 valence electrons. The van der Waals surface area contributed by atoms with Gasteiger partial charge in [0.15, 0.2) is 17.3 Å². The molecule has 0 bridgehead atoms. The first kappa shape index (κ1) is 22.4. The Morgan fingerprint density at radius 2 is 1.58 bits per heavy atom. The van der Waals surface area contributed by atoms with Gasteiger partial charge in [0.2, 0.25) is 0 Å². The highest BCUT2D eigenvalue weighted by Gasteiger charge is 2.15. The smallest absolute Gasteiger partial charge is 0.161 e. The number of aromatic nitrogens is 6. The van der Waals surface area contributed by atoms with Crippen molar-refractivity contribution >= 4 is 0 Å². The molecule has 4 rings (SSSR count). The Bertz CT molecular complexity index is 1250. The van der Waals surface area contributed by atoms with Gasteiger partial charge in [0.25, 0.3) is 0 Å². The number of aryl methyl sites for hydroxylation is 5. The standard InChI is InChI=1S/C25H28N6O2/c1-16-6-8-20(26-15-16)9-10-21-14-25(28-17(2)27-21)31-24(29-18(3)30-31)13-19-7-11-22(32-4)23(12-19)33-5/h6-8,11-12,14-15H,9-10,13H2,1-5H3. The fourth-order valence-corrected chi connectivity index (χ4v) is 3.68. The highest BCUT2D eigenvalue weighted by atomic mass is 16.5. The van der Waals surface area contributed by atoms with E-state index in [0.29, 0.717) is 35.4 Å². The van der Waals surface area contributed by atoms with Crippen molar-refractivity contribution in [3.05, 3.63) is 82.6 Å². The van der Waals surface area contributed by atoms with E-state index in [1.165, 1.54) is 0 Å². The van der Waals surface area contributed by atoms with Gasteiger partial charge in [-0.3, -0.25) is 4.98 Å². The van der Waals surface area contributed by atoms with Crippen LogP contribution in [0.15, 0.2) is 42.6 Å². The number of ether oxygens (including phenoxy) is 2. The molecule has 0 saturated heterocycles. The minimum absolute atomic E-state index is 0.576. The van der Waals surface area contributed by atoms with Gasteiger partial charge >= 0.3 is 0 Å². The lowest BCUT2D eigenvalue weighted by atomic mass is 10.1. The third kappa shape index (κ3) is 5.34. The monoisotopic (exact) mass is 444 g/mol. The maximum absolute atomic E-state index is 5.44. The second kappa shape index (κ2) is 9.77. The molecular weight excluding hydrogens is 416 g/mol. The number of methoxy groups -OCH3 is 2. The molecule has 0 spiro atoms. The van der Waals surface area contributed by atoms with Gasteiger partial charge < -0.3 is 9.47 Å². The maximum atomic E-state index is 5.44. The molecule has 0 aliphatic heterocycles. The molecular formula is C25H28N6O2. The van der Waals surface area contributed by atoms with Gasteiger partial charge in [0, 0.05) is 30.1 Å². The highest BCUT2D eigenvalue weighted by molar-refractivity contribution is 5.43. The fraction of sp³-hybridized carbons (Fsp3) is 0.320. The van der Waals surface area contributed by atoms with E-state index in [1.54, 1.807) is 18.9 Å². The number of hydrogen-bond acceptors (Lipinski definition) is 7. The molecule has 0 amide bonds. The van der Waals surface area contributed by atoms with Crippen molar-refractivity contribution in [3.63, 3.8) is 0 Å². The average molecular weight is 445 g/mol. The third-order valence-electron chi connectivity index (χ3n) is 5.29. The van der Waals surface area contributed by atoms with Crippen LogP contribution >= 0.6 is 0 Å². The van der Waals surface area contributed by atoms with Crippen molar-refractivity contribution in [2.45, 2.75) is 40.0 Å². The topological polar surface area (TPSA) is 87.8 Å². The summed E-state index contributed by atoms with van der Waals surface area (Å²) < 4.78 is 12.6. The molecule has 4 aromatic rings. The number of hydrogen-bond donors (Lipinski definition) is 0. The van der Waals surface area contributed by atoms with Gasteiger partial charge in [-0.05, 0) is 62.9 Å². The zero-order chi connectivity index (χ0) is 23.4. The molecule has 3 aromatic heterocycles. The van der Waals surface area contributed by atoms with Crippen molar-refractivity contribution in [2.24, 2.45) is 0 Å². The molecule has 33 heavy (non-hydrogen) atoms. The van der Waals surface area contributed by atoms with Crippen molar-refractivity contribution in [1.29, 1.82) is 0 Å². The molecule has 0 aliphatic carbocycles. The number of pyridine rings is 1. The second-order valence-electron chi connectivity index (χ2n) is 7.94. The lowest BCUT2D eigenvalue weighted by Gasteiger charge is -2.11. The molecule has 0 N–H and O–H groups in total. The Hall–Kier alpha value is -3.81. The molecule has 8 nitrogen and oxygen atoms in total. The zero-order valence-corrected chi connectivity index (χ0v) is 19.7. The summed E-state index contributed by atoms with van der Waals surface area (Å²) in [5.41, 5.74) is 4.19. The SMILES string of the molecule is COc1ccc(Cc2nc(C)nn2-c2cc(CCc3ccc(C)cn3)nc(C)n2)cc1OC. The first-order chi connectivity index (χ1) is 15.9. The Kier molecular flexibility index (Phi) is 6.63. The Morgan fingerprint density at radius 1 is 0.788 bits per heavy atom. The van der Waals surface area contributed by atoms with Crippen LogP contribution in [0.3, 0.4) is 0 Å². The van der Waals surface area contributed by atoms with E-state index < -0.39 is 0 Å². The van der Waals surface area contributed by atoms with E-state index in [-0.39, 0.29) is 0 Å². The molecule has 0 saturated carbocycles. The summed E-state index contributed by atoms with van der Waals surface area (Å²) in [4.78, 5) is 18.4. The summed E-state index contributed by atoms with van der Waals surface area (Å²) in [7, 11) is 3.26. The number of benzene rings is 1. The van der Waals surface area contributed by atoms with E-state index in [9.17, 15) is 0 Å². The summed E-state index contributed by atoms with van der Waals surface area (Å²) in [5.74, 6) is 4.27. The van der Waals surface area contributed by atoms with Crippen LogP contribution < -0.4 is 9.47 Å². The van der Waals surface area contributed by atoms with Gasteiger partial charge in [0.05, 0.1) is 14.2 Å². The average Bonchev–Trinajstić information content (AvgIpc) is 3.18. The van der Waals surface area contributed by atoms with Crippen LogP contribution in [0.5, 0.6) is 11.5 Å². The molecule has 3 heterocycles. The van der Waals surface area contributed by atoms with E-state index in [0.717, 1.165) is 41.2 Å². The van der Waals surface area contributed by atoms with E-state index in [4.69, 9.17) is 9.47 Å². The Morgan fingerprint density at radius 3 is 2.30 bits per heavy atom. The van der Waals surface area contributed by atoms with Crippen LogP contribution in [-0.4, -0.2) is 43.9 Å². The van der Waals surface area contributed by atoms with Crippen LogP contribution in [0.25, 0.3) is 5.82 Å². The largest absolute Gasteiger partial charge is 0.493 e. The third-order valence-corrected chi connectivity index (χ3v) is 5.29. The summed E-state index contributed by atoms with van der Waals surface area (Å²) in [6.07, 6.45) is 4.05. The summed E-state index contributed by atoms with van der Waals surface area (Å²) in [6, 6.07) is 12.0. The van der Waals surface area contributed by atoms with Gasteiger partial charge in [-0.25, -0.2) is 15.0 Å². The van der Waals surface area contributed by atoms with E-state index in [2.05, 4.69) is 37.2 Å². The summed E-state index contributed by atoms with van der Waals surface area (Å²) >= 11 is 0. The minimum Gasteiger partial charge on any atom is -0.493 e. The van der Waals surface area contributed by atoms with Crippen molar-refractivity contribution in [2.75, 3.05) is 14.2 Å². The van der Waals surface area contributed by atoms with Gasteiger partial charge in [-0.15, -0.1) is 5.10 Å². The lowest BCUT2D eigenvalue weighted by Crippen LogP contribution is -2.10. The normalized spacial score (nSPS) is 10.9.